The maximum Gasteiger partial charge on any atom is 0.287 e. The third-order valence-corrected chi connectivity index (χ3v) is 3.53. The minimum atomic E-state index is -0.706. The quantitative estimate of drug-likeness (QED) is 0.705. The minimum absolute atomic E-state index is 0.160. The number of furan rings is 1. The SMILES string of the molecule is C[C@H](NC(=O)c1ccco1)C(=O)NCc1cccnc1-n1cccn1. The molecule has 1 atom stereocenters. The van der Waals surface area contributed by atoms with E-state index in [1.807, 2.05) is 6.07 Å². The van der Waals surface area contributed by atoms with Gasteiger partial charge in [-0.3, -0.25) is 9.59 Å². The van der Waals surface area contributed by atoms with Gasteiger partial charge in [-0.2, -0.15) is 5.10 Å². The van der Waals surface area contributed by atoms with Crippen LogP contribution in [0.2, 0.25) is 0 Å². The van der Waals surface area contributed by atoms with Crippen LogP contribution in [0.25, 0.3) is 5.82 Å². The lowest BCUT2D eigenvalue weighted by atomic mass is 10.2. The van der Waals surface area contributed by atoms with Crippen LogP contribution >= 0.6 is 0 Å². The molecule has 0 aliphatic rings. The van der Waals surface area contributed by atoms with E-state index < -0.39 is 11.9 Å². The summed E-state index contributed by atoms with van der Waals surface area (Å²) in [5.74, 6) is 0.0504. The van der Waals surface area contributed by atoms with Crippen LogP contribution in [-0.2, 0) is 11.3 Å². The molecule has 25 heavy (non-hydrogen) atoms. The monoisotopic (exact) mass is 339 g/mol. The topological polar surface area (TPSA) is 102 Å². The molecule has 0 bridgehead atoms. The second kappa shape index (κ2) is 7.43. The molecule has 3 aromatic rings. The van der Waals surface area contributed by atoms with Crippen molar-refractivity contribution < 1.29 is 14.0 Å². The third kappa shape index (κ3) is 3.92. The molecule has 0 spiro atoms. The Balaban J connectivity index is 1.60. The fourth-order valence-electron chi connectivity index (χ4n) is 2.25. The zero-order valence-electron chi connectivity index (χ0n) is 13.5. The number of pyridine rings is 1. The second-order valence-corrected chi connectivity index (χ2v) is 5.33. The van der Waals surface area contributed by atoms with E-state index in [-0.39, 0.29) is 18.2 Å². The van der Waals surface area contributed by atoms with Gasteiger partial charge in [0.05, 0.1) is 6.26 Å². The summed E-state index contributed by atoms with van der Waals surface area (Å²) in [6, 6.07) is 7.88. The average Bonchev–Trinajstić information content (AvgIpc) is 3.33. The van der Waals surface area contributed by atoms with Gasteiger partial charge in [0.15, 0.2) is 11.6 Å². The average molecular weight is 339 g/mol. The highest BCUT2D eigenvalue weighted by Gasteiger charge is 2.18. The van der Waals surface area contributed by atoms with Gasteiger partial charge < -0.3 is 15.1 Å². The molecule has 128 valence electrons. The number of hydrogen-bond donors (Lipinski definition) is 2. The van der Waals surface area contributed by atoms with Crippen molar-refractivity contribution in [2.45, 2.75) is 19.5 Å². The van der Waals surface area contributed by atoms with Gasteiger partial charge in [0.2, 0.25) is 5.91 Å². The van der Waals surface area contributed by atoms with Crippen LogP contribution in [0.5, 0.6) is 0 Å². The second-order valence-electron chi connectivity index (χ2n) is 5.33. The normalized spacial score (nSPS) is 11.7. The van der Waals surface area contributed by atoms with Gasteiger partial charge >= 0.3 is 0 Å². The first-order chi connectivity index (χ1) is 12.1. The van der Waals surface area contributed by atoms with Gasteiger partial charge in [-0.05, 0) is 31.2 Å². The van der Waals surface area contributed by atoms with Crippen LogP contribution in [0, 0.1) is 0 Å². The summed E-state index contributed by atoms with van der Waals surface area (Å²) in [7, 11) is 0. The molecule has 0 aliphatic carbocycles. The summed E-state index contributed by atoms with van der Waals surface area (Å²) in [5.41, 5.74) is 0.809. The molecular weight excluding hydrogens is 322 g/mol. The largest absolute Gasteiger partial charge is 0.459 e. The molecule has 0 saturated heterocycles. The number of hydrogen-bond acceptors (Lipinski definition) is 5. The molecule has 3 heterocycles. The van der Waals surface area contributed by atoms with E-state index in [1.165, 1.54) is 12.3 Å². The molecule has 0 aliphatic heterocycles. The molecule has 0 fully saturated rings. The van der Waals surface area contributed by atoms with E-state index in [4.69, 9.17) is 4.42 Å². The summed E-state index contributed by atoms with van der Waals surface area (Å²) < 4.78 is 6.63. The first kappa shape index (κ1) is 16.4. The van der Waals surface area contributed by atoms with Crippen molar-refractivity contribution in [3.05, 3.63) is 66.5 Å². The minimum Gasteiger partial charge on any atom is -0.459 e. The van der Waals surface area contributed by atoms with Gasteiger partial charge in [0.25, 0.3) is 5.91 Å². The molecule has 2 amide bonds. The van der Waals surface area contributed by atoms with Crippen molar-refractivity contribution in [3.8, 4) is 5.82 Å². The zero-order valence-corrected chi connectivity index (χ0v) is 13.5. The molecule has 0 unspecified atom stereocenters. The number of carbonyl (C=O) groups excluding carboxylic acids is 2. The maximum absolute atomic E-state index is 12.2. The van der Waals surface area contributed by atoms with Crippen molar-refractivity contribution in [1.82, 2.24) is 25.4 Å². The highest BCUT2D eigenvalue weighted by Crippen LogP contribution is 2.10. The molecule has 8 heteroatoms. The van der Waals surface area contributed by atoms with Crippen LogP contribution in [0.1, 0.15) is 23.0 Å². The van der Waals surface area contributed by atoms with Gasteiger partial charge in [0.1, 0.15) is 6.04 Å². The summed E-state index contributed by atoms with van der Waals surface area (Å²) in [4.78, 5) is 28.4. The fourth-order valence-corrected chi connectivity index (χ4v) is 2.25. The maximum atomic E-state index is 12.2. The Kier molecular flexibility index (Phi) is 4.89. The molecular formula is C17H17N5O3. The molecule has 3 rings (SSSR count). The number of nitrogens with one attached hydrogen (secondary N) is 2. The highest BCUT2D eigenvalue weighted by atomic mass is 16.3. The van der Waals surface area contributed by atoms with E-state index in [0.29, 0.717) is 5.82 Å². The fraction of sp³-hybridized carbons (Fsp3) is 0.176. The summed E-state index contributed by atoms with van der Waals surface area (Å²) in [5, 5.41) is 9.52. The summed E-state index contributed by atoms with van der Waals surface area (Å²) >= 11 is 0. The van der Waals surface area contributed by atoms with E-state index in [2.05, 4.69) is 20.7 Å². The molecule has 2 N–H and O–H groups in total. The van der Waals surface area contributed by atoms with Crippen LogP contribution in [0.3, 0.4) is 0 Å². The van der Waals surface area contributed by atoms with Crippen LogP contribution in [0.15, 0.2) is 59.6 Å². The highest BCUT2D eigenvalue weighted by molar-refractivity contribution is 5.95. The smallest absolute Gasteiger partial charge is 0.287 e. The van der Waals surface area contributed by atoms with E-state index in [9.17, 15) is 9.59 Å². The van der Waals surface area contributed by atoms with Crippen molar-refractivity contribution in [2.24, 2.45) is 0 Å². The van der Waals surface area contributed by atoms with Gasteiger partial charge in [-0.25, -0.2) is 9.67 Å². The first-order valence-corrected chi connectivity index (χ1v) is 7.71. The van der Waals surface area contributed by atoms with Crippen LogP contribution in [-0.4, -0.2) is 32.6 Å². The van der Waals surface area contributed by atoms with Crippen LogP contribution < -0.4 is 10.6 Å². The Labute approximate surface area is 143 Å². The lowest BCUT2D eigenvalue weighted by Crippen LogP contribution is -2.44. The number of amides is 2. The Bertz CT molecular complexity index is 843. The molecule has 0 aromatic carbocycles. The van der Waals surface area contributed by atoms with Gasteiger partial charge in [-0.1, -0.05) is 6.07 Å². The van der Waals surface area contributed by atoms with E-state index in [1.54, 1.807) is 48.4 Å². The zero-order chi connectivity index (χ0) is 17.6. The number of carbonyl (C=O) groups is 2. The third-order valence-electron chi connectivity index (χ3n) is 3.53. The number of rotatable bonds is 6. The van der Waals surface area contributed by atoms with Crippen LogP contribution in [0.4, 0.5) is 0 Å². The van der Waals surface area contributed by atoms with E-state index in [0.717, 1.165) is 5.56 Å². The standard InChI is InChI=1S/C17H17N5O3/c1-12(21-17(24)14-6-3-10-25-14)16(23)19-11-13-5-2-7-18-15(13)22-9-4-8-20-22/h2-10,12H,11H2,1H3,(H,19,23)(H,21,24)/t12-/m0/s1. The van der Waals surface area contributed by atoms with Crippen molar-refractivity contribution >= 4 is 11.8 Å². The predicted octanol–water partition coefficient (Wildman–Crippen LogP) is 1.29. The molecule has 0 radical (unpaired) electrons. The van der Waals surface area contributed by atoms with Crippen molar-refractivity contribution in [1.29, 1.82) is 0 Å². The van der Waals surface area contributed by atoms with Gasteiger partial charge in [-0.15, -0.1) is 0 Å². The molecule has 8 nitrogen and oxygen atoms in total. The molecule has 3 aromatic heterocycles. The first-order valence-electron chi connectivity index (χ1n) is 7.71. The molecule has 0 saturated carbocycles. The van der Waals surface area contributed by atoms with Crippen molar-refractivity contribution in [3.63, 3.8) is 0 Å². The Morgan fingerprint density at radius 1 is 1.24 bits per heavy atom. The lowest BCUT2D eigenvalue weighted by Gasteiger charge is -2.14. The van der Waals surface area contributed by atoms with E-state index >= 15 is 0 Å². The van der Waals surface area contributed by atoms with Gasteiger partial charge in [0, 0.05) is 30.7 Å². The Hall–Kier alpha value is -3.42. The summed E-state index contributed by atoms with van der Waals surface area (Å²) in [6.45, 7) is 1.87. The predicted molar refractivity (Wildman–Crippen MR) is 88.8 cm³/mol. The number of nitrogens with zero attached hydrogens (tertiary/aromatic N) is 3. The lowest BCUT2D eigenvalue weighted by molar-refractivity contribution is -0.122. The van der Waals surface area contributed by atoms with Crippen molar-refractivity contribution in [2.75, 3.05) is 0 Å². The number of aromatic nitrogens is 3. The summed E-state index contributed by atoms with van der Waals surface area (Å²) in [6.07, 6.45) is 6.50. The Morgan fingerprint density at radius 3 is 2.84 bits per heavy atom. The Morgan fingerprint density at radius 2 is 2.12 bits per heavy atom.